The zero-order valence-electron chi connectivity index (χ0n) is 23.9. The largest absolute Gasteiger partial charge is 0.492 e. The van der Waals surface area contributed by atoms with Crippen LogP contribution >= 0.6 is 0 Å². The van der Waals surface area contributed by atoms with Gasteiger partial charge in [-0.05, 0) is 36.6 Å². The van der Waals surface area contributed by atoms with E-state index in [-0.39, 0.29) is 16.9 Å². The Morgan fingerprint density at radius 1 is 1.02 bits per heavy atom. The van der Waals surface area contributed by atoms with Crippen LogP contribution in [-0.4, -0.2) is 65.1 Å². The van der Waals surface area contributed by atoms with Crippen molar-refractivity contribution in [1.29, 1.82) is 0 Å². The molecule has 41 heavy (non-hydrogen) atoms. The average Bonchev–Trinajstić information content (AvgIpc) is 3.37. The number of nitrogens with one attached hydrogen (secondary N) is 2. The lowest BCUT2D eigenvalue weighted by Crippen LogP contribution is -2.48. The fourth-order valence-corrected chi connectivity index (χ4v) is 4.78. The van der Waals surface area contributed by atoms with Crippen LogP contribution in [0, 0.1) is 6.92 Å². The highest BCUT2D eigenvalue weighted by Gasteiger charge is 2.25. The second-order valence-corrected chi connectivity index (χ2v) is 11.3. The molecule has 0 unspecified atom stereocenters. The standard InChI is InChI=1S/C32H35N5O4/c1-21-9-11-22(12-10-21)37-28(19-27(35-37)32(2,3)4)34-31(40)30(39)25-13-14-26(24-8-6-5-7-23(24)25)41-18-17-36-16-15-33-29(38)20-36/h5-14,19H,15-18,20H2,1-4H3,(H,33,38)(H,34,40). The van der Waals surface area contributed by atoms with Gasteiger partial charge in [0.2, 0.25) is 5.91 Å². The van der Waals surface area contributed by atoms with E-state index >= 15 is 0 Å². The first-order valence-corrected chi connectivity index (χ1v) is 13.8. The summed E-state index contributed by atoms with van der Waals surface area (Å²) in [4.78, 5) is 40.5. The predicted molar refractivity (Wildman–Crippen MR) is 159 cm³/mol. The van der Waals surface area contributed by atoms with Crippen LogP contribution in [0.5, 0.6) is 5.75 Å². The topological polar surface area (TPSA) is 106 Å². The highest BCUT2D eigenvalue weighted by atomic mass is 16.5. The summed E-state index contributed by atoms with van der Waals surface area (Å²) in [6, 6.07) is 20.4. The summed E-state index contributed by atoms with van der Waals surface area (Å²) in [7, 11) is 0. The lowest BCUT2D eigenvalue weighted by atomic mass is 9.92. The van der Waals surface area contributed by atoms with Gasteiger partial charge in [-0.1, -0.05) is 62.7 Å². The predicted octanol–water partition coefficient (Wildman–Crippen LogP) is 4.26. The van der Waals surface area contributed by atoms with Crippen LogP contribution in [0.4, 0.5) is 5.82 Å². The van der Waals surface area contributed by atoms with Crippen molar-refractivity contribution in [1.82, 2.24) is 20.0 Å². The molecule has 5 rings (SSSR count). The molecule has 0 saturated carbocycles. The first kappa shape index (κ1) is 28.0. The molecule has 2 N–H and O–H groups in total. The van der Waals surface area contributed by atoms with Crippen molar-refractivity contribution < 1.29 is 19.1 Å². The van der Waals surface area contributed by atoms with Gasteiger partial charge in [-0.2, -0.15) is 5.10 Å². The number of nitrogens with zero attached hydrogens (tertiary/aromatic N) is 3. The van der Waals surface area contributed by atoms with Gasteiger partial charge in [-0.3, -0.25) is 19.3 Å². The van der Waals surface area contributed by atoms with Gasteiger partial charge < -0.3 is 15.4 Å². The van der Waals surface area contributed by atoms with Crippen LogP contribution in [0.25, 0.3) is 16.5 Å². The number of rotatable bonds is 8. The maximum Gasteiger partial charge on any atom is 0.297 e. The van der Waals surface area contributed by atoms with E-state index in [1.54, 1.807) is 16.8 Å². The number of ketones is 1. The van der Waals surface area contributed by atoms with Crippen LogP contribution in [0.1, 0.15) is 42.4 Å². The van der Waals surface area contributed by atoms with Gasteiger partial charge in [0, 0.05) is 42.1 Å². The minimum atomic E-state index is -0.749. The molecule has 1 aliphatic heterocycles. The number of carbonyl (C=O) groups is 3. The third-order valence-corrected chi connectivity index (χ3v) is 7.12. The molecule has 0 bridgehead atoms. The van der Waals surface area contributed by atoms with Gasteiger partial charge in [0.25, 0.3) is 11.7 Å². The van der Waals surface area contributed by atoms with Crippen molar-refractivity contribution >= 4 is 34.2 Å². The average molecular weight is 554 g/mol. The number of ether oxygens (including phenoxy) is 1. The van der Waals surface area contributed by atoms with Crippen molar-refractivity contribution in [3.8, 4) is 11.4 Å². The molecule has 0 radical (unpaired) electrons. The van der Waals surface area contributed by atoms with E-state index in [2.05, 4.69) is 10.6 Å². The molecule has 3 aromatic carbocycles. The van der Waals surface area contributed by atoms with E-state index in [4.69, 9.17) is 9.84 Å². The molecule has 9 nitrogen and oxygen atoms in total. The maximum absolute atomic E-state index is 13.5. The summed E-state index contributed by atoms with van der Waals surface area (Å²) in [5.74, 6) is -0.347. The highest BCUT2D eigenvalue weighted by molar-refractivity contribution is 6.48. The van der Waals surface area contributed by atoms with E-state index in [9.17, 15) is 14.4 Å². The third-order valence-electron chi connectivity index (χ3n) is 7.12. The van der Waals surface area contributed by atoms with Crippen LogP contribution in [-0.2, 0) is 15.0 Å². The molecule has 9 heteroatoms. The summed E-state index contributed by atoms with van der Waals surface area (Å²) in [6.45, 7) is 10.9. The van der Waals surface area contributed by atoms with Crippen LogP contribution in [0.2, 0.25) is 0 Å². The summed E-state index contributed by atoms with van der Waals surface area (Å²) < 4.78 is 7.72. The summed E-state index contributed by atoms with van der Waals surface area (Å²) in [6.07, 6.45) is 0. The van der Waals surface area contributed by atoms with Gasteiger partial charge in [0.1, 0.15) is 18.2 Å². The van der Waals surface area contributed by atoms with E-state index < -0.39 is 11.7 Å². The number of fused-ring (bicyclic) bond motifs is 1. The lowest BCUT2D eigenvalue weighted by Gasteiger charge is -2.26. The Balaban J connectivity index is 1.37. The van der Waals surface area contributed by atoms with Gasteiger partial charge in [0.05, 0.1) is 17.9 Å². The first-order valence-electron chi connectivity index (χ1n) is 13.8. The minimum Gasteiger partial charge on any atom is -0.492 e. The van der Waals surface area contributed by atoms with E-state index in [0.717, 1.165) is 28.9 Å². The van der Waals surface area contributed by atoms with Crippen molar-refractivity contribution in [3.05, 3.63) is 83.6 Å². The number of benzene rings is 3. The highest BCUT2D eigenvalue weighted by Crippen LogP contribution is 2.30. The molecule has 1 fully saturated rings. The normalized spacial score (nSPS) is 14.1. The molecule has 4 aromatic rings. The summed E-state index contributed by atoms with van der Waals surface area (Å²) in [5.41, 5.74) is 2.71. The molecule has 2 heterocycles. The summed E-state index contributed by atoms with van der Waals surface area (Å²) in [5, 5.41) is 11.7. The number of hydrogen-bond donors (Lipinski definition) is 2. The Morgan fingerprint density at radius 2 is 1.76 bits per heavy atom. The number of amides is 2. The quantitative estimate of drug-likeness (QED) is 0.250. The van der Waals surface area contributed by atoms with Crippen molar-refractivity contribution in [3.63, 3.8) is 0 Å². The second kappa shape index (κ2) is 11.5. The van der Waals surface area contributed by atoms with Crippen molar-refractivity contribution in [2.45, 2.75) is 33.1 Å². The van der Waals surface area contributed by atoms with E-state index in [1.807, 2.05) is 87.2 Å². The van der Waals surface area contributed by atoms with Crippen LogP contribution < -0.4 is 15.4 Å². The summed E-state index contributed by atoms with van der Waals surface area (Å²) >= 11 is 0. The molecule has 2 amide bonds. The van der Waals surface area contributed by atoms with Gasteiger partial charge in [-0.15, -0.1) is 0 Å². The lowest BCUT2D eigenvalue weighted by molar-refractivity contribution is -0.124. The SMILES string of the molecule is Cc1ccc(-n2nc(C(C)(C)C)cc2NC(=O)C(=O)c2ccc(OCCN3CCNC(=O)C3)c3ccccc23)cc1. The Labute approximate surface area is 239 Å². The van der Waals surface area contributed by atoms with E-state index in [1.165, 1.54) is 0 Å². The fraction of sp³-hybridized carbons (Fsp3) is 0.312. The smallest absolute Gasteiger partial charge is 0.297 e. The number of aryl methyl sites for hydroxylation is 1. The maximum atomic E-state index is 13.5. The zero-order chi connectivity index (χ0) is 29.1. The van der Waals surface area contributed by atoms with Gasteiger partial charge in [0.15, 0.2) is 0 Å². The molecule has 1 aromatic heterocycles. The molecular formula is C32H35N5O4. The molecule has 212 valence electrons. The van der Waals surface area contributed by atoms with Crippen molar-refractivity contribution in [2.75, 3.05) is 38.1 Å². The number of anilines is 1. The van der Waals surface area contributed by atoms with Crippen LogP contribution in [0.3, 0.4) is 0 Å². The Kier molecular flexibility index (Phi) is 7.90. The fourth-order valence-electron chi connectivity index (χ4n) is 4.78. The number of carbonyl (C=O) groups excluding carboxylic acids is 3. The Hall–Kier alpha value is -4.50. The Bertz CT molecular complexity index is 1600. The molecule has 0 aliphatic carbocycles. The number of piperazine rings is 1. The molecule has 1 aliphatic rings. The Morgan fingerprint density at radius 3 is 2.46 bits per heavy atom. The molecule has 0 atom stereocenters. The van der Waals surface area contributed by atoms with Gasteiger partial charge in [-0.25, -0.2) is 4.68 Å². The number of hydrogen-bond acceptors (Lipinski definition) is 6. The first-order chi connectivity index (χ1) is 19.6. The third kappa shape index (κ3) is 6.30. The number of aromatic nitrogens is 2. The second-order valence-electron chi connectivity index (χ2n) is 11.3. The monoisotopic (exact) mass is 553 g/mol. The number of Topliss-reactive ketones (excluding diaryl/α,β-unsaturated/α-hetero) is 1. The zero-order valence-corrected chi connectivity index (χ0v) is 23.9. The van der Waals surface area contributed by atoms with Crippen molar-refractivity contribution in [2.24, 2.45) is 0 Å². The molecule has 1 saturated heterocycles. The van der Waals surface area contributed by atoms with Crippen LogP contribution in [0.15, 0.2) is 66.7 Å². The van der Waals surface area contributed by atoms with Gasteiger partial charge >= 0.3 is 0 Å². The molecular weight excluding hydrogens is 518 g/mol. The minimum absolute atomic E-state index is 0.0133. The molecule has 0 spiro atoms. The van der Waals surface area contributed by atoms with E-state index in [0.29, 0.717) is 43.2 Å².